The summed E-state index contributed by atoms with van der Waals surface area (Å²) in [7, 11) is 0. The number of anilines is 1. The van der Waals surface area contributed by atoms with Crippen LogP contribution in [0.25, 0.3) is 0 Å². The van der Waals surface area contributed by atoms with Crippen LogP contribution in [-0.4, -0.2) is 0 Å². The van der Waals surface area contributed by atoms with Gasteiger partial charge in [0.2, 0.25) is 0 Å². The Morgan fingerprint density at radius 3 is 2.19 bits per heavy atom. The van der Waals surface area contributed by atoms with Crippen LogP contribution in [0.3, 0.4) is 0 Å². The number of benzene rings is 2. The molecule has 0 bridgehead atoms. The van der Waals surface area contributed by atoms with Crippen molar-refractivity contribution in [3.05, 3.63) is 60.2 Å². The Bertz CT molecular complexity index is 669. The number of rotatable bonds is 3. The maximum absolute atomic E-state index is 13.6. The summed E-state index contributed by atoms with van der Waals surface area (Å²) in [5.41, 5.74) is 2.67. The highest BCUT2D eigenvalue weighted by atomic mass is 79.9. The third-order valence-electron chi connectivity index (χ3n) is 3.05. The lowest BCUT2D eigenvalue weighted by atomic mass is 10.1. The molecule has 1 unspecified atom stereocenters. The van der Waals surface area contributed by atoms with Gasteiger partial charge in [-0.2, -0.15) is 0 Å². The maximum Gasteiger partial charge on any atom is 0.142 e. The fraction of sp³-hybridized carbons (Fsp3) is 0.200. The predicted molar refractivity (Wildman–Crippen MR) is 95.0 cm³/mol. The van der Waals surface area contributed by atoms with E-state index in [-0.39, 0.29) is 11.1 Å². The Morgan fingerprint density at radius 1 is 1.05 bits per heavy atom. The summed E-state index contributed by atoms with van der Waals surface area (Å²) in [6, 6.07) is 6.61. The second kappa shape index (κ2) is 6.86. The molecule has 6 heteroatoms. The fourth-order valence-electron chi connectivity index (χ4n) is 2.00. The van der Waals surface area contributed by atoms with Crippen molar-refractivity contribution in [2.75, 3.05) is 5.32 Å². The van der Waals surface area contributed by atoms with Gasteiger partial charge in [-0.3, -0.25) is 0 Å². The van der Waals surface area contributed by atoms with Gasteiger partial charge >= 0.3 is 0 Å². The minimum absolute atomic E-state index is 0.0219. The molecule has 1 nitrogen and oxygen atoms in total. The predicted octanol–water partition coefficient (Wildman–Crippen LogP) is 7.14. The number of halogens is 5. The molecular weight excluding hydrogens is 444 g/mol. The summed E-state index contributed by atoms with van der Waals surface area (Å²) >= 11 is 18.9. The minimum atomic E-state index is -0.480. The highest BCUT2D eigenvalue weighted by molar-refractivity contribution is 9.11. The molecule has 0 amide bonds. The van der Waals surface area contributed by atoms with Crippen molar-refractivity contribution in [1.29, 1.82) is 0 Å². The Labute approximate surface area is 150 Å². The molecule has 0 heterocycles. The second-order valence-electron chi connectivity index (χ2n) is 4.76. The molecule has 0 radical (unpaired) electrons. The Balaban J connectivity index is 2.35. The lowest BCUT2D eigenvalue weighted by Gasteiger charge is -2.20. The molecule has 1 atom stereocenters. The van der Waals surface area contributed by atoms with Crippen LogP contribution in [0.1, 0.15) is 24.1 Å². The van der Waals surface area contributed by atoms with E-state index < -0.39 is 5.82 Å². The van der Waals surface area contributed by atoms with Crippen molar-refractivity contribution < 1.29 is 4.39 Å². The lowest BCUT2D eigenvalue weighted by Crippen LogP contribution is -2.09. The largest absolute Gasteiger partial charge is 0.377 e. The van der Waals surface area contributed by atoms with Crippen LogP contribution in [0.2, 0.25) is 10.0 Å². The Morgan fingerprint density at radius 2 is 1.62 bits per heavy atom. The zero-order valence-corrected chi connectivity index (χ0v) is 16.0. The molecule has 1 N–H and O–H groups in total. The van der Waals surface area contributed by atoms with Gasteiger partial charge in [0.1, 0.15) is 5.82 Å². The molecule has 2 aromatic rings. The van der Waals surface area contributed by atoms with Gasteiger partial charge in [-0.1, -0.05) is 23.2 Å². The summed E-state index contributed by atoms with van der Waals surface area (Å²) in [6.45, 7) is 3.92. The molecule has 0 aliphatic carbocycles. The summed E-state index contributed by atoms with van der Waals surface area (Å²) in [5.74, 6) is -0.480. The molecule has 0 aromatic heterocycles. The van der Waals surface area contributed by atoms with Gasteiger partial charge in [-0.25, -0.2) is 4.39 Å². The molecule has 0 aliphatic rings. The van der Waals surface area contributed by atoms with Gasteiger partial charge in [0.25, 0.3) is 0 Å². The number of hydrogen-bond acceptors (Lipinski definition) is 1. The first-order chi connectivity index (χ1) is 9.79. The van der Waals surface area contributed by atoms with Crippen LogP contribution in [0, 0.1) is 12.7 Å². The third-order valence-corrected chi connectivity index (χ3v) is 4.92. The van der Waals surface area contributed by atoms with E-state index in [1.807, 2.05) is 26.0 Å². The van der Waals surface area contributed by atoms with E-state index >= 15 is 0 Å². The fourth-order valence-corrected chi connectivity index (χ4v) is 4.19. The molecule has 2 aromatic carbocycles. The molecule has 0 fully saturated rings. The van der Waals surface area contributed by atoms with Crippen LogP contribution in [0.5, 0.6) is 0 Å². The van der Waals surface area contributed by atoms with Crippen molar-refractivity contribution in [1.82, 2.24) is 0 Å². The number of aryl methyl sites for hydroxylation is 1. The normalized spacial score (nSPS) is 12.3. The highest BCUT2D eigenvalue weighted by Gasteiger charge is 2.16. The molecule has 112 valence electrons. The first-order valence-electron chi connectivity index (χ1n) is 6.16. The molecule has 2 rings (SSSR count). The quantitative estimate of drug-likeness (QED) is 0.485. The standard InChI is InChI=1S/C15H12Br2Cl2FN/c1-7-3-10(16)15(11(17)4-7)21-8(2)9-5-14(20)13(19)6-12(9)18/h3-6,8,21H,1-2H3. The van der Waals surface area contributed by atoms with Crippen LogP contribution in [0.4, 0.5) is 10.1 Å². The highest BCUT2D eigenvalue weighted by Crippen LogP contribution is 2.36. The zero-order valence-electron chi connectivity index (χ0n) is 11.3. The van der Waals surface area contributed by atoms with Gasteiger partial charge in [-0.15, -0.1) is 0 Å². The van der Waals surface area contributed by atoms with Gasteiger partial charge in [-0.05, 0) is 81.1 Å². The van der Waals surface area contributed by atoms with Crippen molar-refractivity contribution in [2.45, 2.75) is 19.9 Å². The van der Waals surface area contributed by atoms with Gasteiger partial charge in [0.15, 0.2) is 0 Å². The Kier molecular flexibility index (Phi) is 5.58. The maximum atomic E-state index is 13.6. The first-order valence-corrected chi connectivity index (χ1v) is 8.50. The van der Waals surface area contributed by atoms with E-state index in [0.717, 1.165) is 20.2 Å². The Hall–Kier alpha value is -0.290. The van der Waals surface area contributed by atoms with Crippen LogP contribution >= 0.6 is 55.1 Å². The topological polar surface area (TPSA) is 12.0 Å². The van der Waals surface area contributed by atoms with Crippen molar-refractivity contribution in [2.24, 2.45) is 0 Å². The number of hydrogen-bond donors (Lipinski definition) is 1. The van der Waals surface area contributed by atoms with E-state index in [4.69, 9.17) is 23.2 Å². The summed E-state index contributed by atoms with van der Waals surface area (Å²) in [5, 5.41) is 3.77. The van der Waals surface area contributed by atoms with Crippen LogP contribution < -0.4 is 5.32 Å². The average molecular weight is 456 g/mol. The van der Waals surface area contributed by atoms with E-state index in [1.54, 1.807) is 0 Å². The molecule has 0 spiro atoms. The van der Waals surface area contributed by atoms with Crippen molar-refractivity contribution >= 4 is 60.7 Å². The SMILES string of the molecule is Cc1cc(Br)c(NC(C)c2cc(F)c(Cl)cc2Cl)c(Br)c1. The molecule has 0 saturated carbocycles. The summed E-state index contributed by atoms with van der Waals surface area (Å²) in [6.07, 6.45) is 0. The lowest BCUT2D eigenvalue weighted by molar-refractivity contribution is 0.624. The summed E-state index contributed by atoms with van der Waals surface area (Å²) in [4.78, 5) is 0. The van der Waals surface area contributed by atoms with E-state index in [0.29, 0.717) is 10.6 Å². The molecule has 0 saturated heterocycles. The number of nitrogens with one attached hydrogen (secondary N) is 1. The van der Waals surface area contributed by atoms with Gasteiger partial charge in [0, 0.05) is 14.0 Å². The molecular formula is C15H12Br2Cl2FN. The summed E-state index contributed by atoms with van der Waals surface area (Å²) < 4.78 is 15.5. The monoisotopic (exact) mass is 453 g/mol. The smallest absolute Gasteiger partial charge is 0.142 e. The van der Waals surface area contributed by atoms with E-state index in [2.05, 4.69) is 37.2 Å². The zero-order chi connectivity index (χ0) is 15.7. The average Bonchev–Trinajstić information content (AvgIpc) is 2.37. The van der Waals surface area contributed by atoms with Crippen LogP contribution in [-0.2, 0) is 0 Å². The third kappa shape index (κ3) is 3.92. The van der Waals surface area contributed by atoms with Crippen molar-refractivity contribution in [3.63, 3.8) is 0 Å². The van der Waals surface area contributed by atoms with Crippen molar-refractivity contribution in [3.8, 4) is 0 Å². The van der Waals surface area contributed by atoms with E-state index in [1.165, 1.54) is 12.1 Å². The van der Waals surface area contributed by atoms with E-state index in [9.17, 15) is 4.39 Å². The minimum Gasteiger partial charge on any atom is -0.377 e. The van der Waals surface area contributed by atoms with Gasteiger partial charge < -0.3 is 5.32 Å². The van der Waals surface area contributed by atoms with Gasteiger partial charge in [0.05, 0.1) is 16.8 Å². The molecule has 21 heavy (non-hydrogen) atoms. The first kappa shape index (κ1) is 17.1. The molecule has 0 aliphatic heterocycles. The van der Waals surface area contributed by atoms with Crippen LogP contribution in [0.15, 0.2) is 33.2 Å². The second-order valence-corrected chi connectivity index (χ2v) is 7.28.